The Morgan fingerprint density at radius 3 is 2.65 bits per heavy atom. The van der Waals surface area contributed by atoms with Crippen molar-refractivity contribution in [2.75, 3.05) is 18.1 Å². The minimum atomic E-state index is -0.998. The summed E-state index contributed by atoms with van der Waals surface area (Å²) < 4.78 is 12.5. The van der Waals surface area contributed by atoms with E-state index in [2.05, 4.69) is 11.0 Å². The number of benzene rings is 3. The van der Waals surface area contributed by atoms with Gasteiger partial charge in [-0.2, -0.15) is 0 Å². The number of halogens is 1. The topological polar surface area (TPSA) is 71.9 Å². The number of hydrogen-bond donors (Lipinski definition) is 1. The molecular weight excluding hydrogens is 472 g/mol. The maximum atomic E-state index is 11.1. The lowest BCUT2D eigenvalue weighted by Crippen LogP contribution is -2.25. The van der Waals surface area contributed by atoms with Crippen LogP contribution in [-0.4, -0.2) is 35.3 Å². The highest BCUT2D eigenvalue weighted by molar-refractivity contribution is 7.22. The summed E-state index contributed by atoms with van der Waals surface area (Å²) in [6.07, 6.45) is -0.120. The second-order valence-corrected chi connectivity index (χ2v) is 9.23. The van der Waals surface area contributed by atoms with Crippen LogP contribution >= 0.6 is 22.9 Å². The number of para-hydroxylation sites is 1. The Morgan fingerprint density at radius 2 is 1.88 bits per heavy atom. The molecule has 0 aliphatic carbocycles. The molecule has 0 fully saturated rings. The number of carbonyl (C=O) groups is 1. The Labute approximate surface area is 207 Å². The van der Waals surface area contributed by atoms with Gasteiger partial charge >= 0.3 is 5.97 Å². The lowest BCUT2D eigenvalue weighted by atomic mass is 10.2. The van der Waals surface area contributed by atoms with Crippen molar-refractivity contribution >= 4 is 44.3 Å². The molecule has 0 saturated carbocycles. The van der Waals surface area contributed by atoms with Crippen molar-refractivity contribution in [3.8, 4) is 11.5 Å². The number of hydrogen-bond acceptors (Lipinski definition) is 6. The lowest BCUT2D eigenvalue weighted by molar-refractivity contribution is -0.144. The number of nitrogens with zero attached hydrogens (tertiary/aromatic N) is 2. The molecule has 0 spiro atoms. The van der Waals surface area contributed by atoms with Gasteiger partial charge in [-0.15, -0.1) is 0 Å². The molecule has 0 amide bonds. The van der Waals surface area contributed by atoms with E-state index in [4.69, 9.17) is 31.2 Å². The molecule has 0 saturated heterocycles. The molecule has 0 radical (unpaired) electrons. The molecule has 1 unspecified atom stereocenters. The Kier molecular flexibility index (Phi) is 7.87. The second-order valence-electron chi connectivity index (χ2n) is 7.79. The molecule has 1 atom stereocenters. The maximum absolute atomic E-state index is 11.1. The van der Waals surface area contributed by atoms with E-state index in [1.165, 1.54) is 6.92 Å². The zero-order chi connectivity index (χ0) is 23.9. The summed E-state index contributed by atoms with van der Waals surface area (Å²) in [5, 5.41) is 10.7. The molecule has 6 nitrogen and oxygen atoms in total. The summed E-state index contributed by atoms with van der Waals surface area (Å²) >= 11 is 7.59. The normalized spacial score (nSPS) is 11.8. The van der Waals surface area contributed by atoms with Crippen molar-refractivity contribution in [1.29, 1.82) is 0 Å². The van der Waals surface area contributed by atoms with Crippen molar-refractivity contribution in [2.45, 2.75) is 26.0 Å². The van der Waals surface area contributed by atoms with Gasteiger partial charge in [0.2, 0.25) is 0 Å². The average Bonchev–Trinajstić information content (AvgIpc) is 3.26. The summed E-state index contributed by atoms with van der Waals surface area (Å²) in [5.41, 5.74) is 1.98. The molecular formula is C26H25ClN2O4S. The third kappa shape index (κ3) is 6.40. The summed E-state index contributed by atoms with van der Waals surface area (Å²) in [7, 11) is 0. The van der Waals surface area contributed by atoms with Crippen LogP contribution in [0.15, 0.2) is 72.8 Å². The first-order valence-electron chi connectivity index (χ1n) is 11.0. The summed E-state index contributed by atoms with van der Waals surface area (Å²) in [5.74, 6) is 0.318. The summed E-state index contributed by atoms with van der Waals surface area (Å²) in [4.78, 5) is 18.2. The number of thiazole rings is 1. The zero-order valence-electron chi connectivity index (χ0n) is 18.7. The van der Waals surface area contributed by atoms with Gasteiger partial charge in [-0.25, -0.2) is 9.78 Å². The number of aliphatic carboxylic acids is 1. The van der Waals surface area contributed by atoms with Crippen LogP contribution in [0.3, 0.4) is 0 Å². The van der Waals surface area contributed by atoms with Crippen molar-refractivity contribution in [1.82, 2.24) is 4.98 Å². The Hall–Kier alpha value is -3.29. The van der Waals surface area contributed by atoms with E-state index in [1.54, 1.807) is 17.4 Å². The molecule has 0 aliphatic rings. The fourth-order valence-corrected chi connectivity index (χ4v) is 4.52. The third-order valence-corrected chi connectivity index (χ3v) is 6.49. The van der Waals surface area contributed by atoms with Gasteiger partial charge < -0.3 is 19.5 Å². The third-order valence-electron chi connectivity index (χ3n) is 5.14. The van der Waals surface area contributed by atoms with Gasteiger partial charge in [0.25, 0.3) is 0 Å². The first kappa shape index (κ1) is 23.9. The number of rotatable bonds is 11. The Morgan fingerprint density at radius 1 is 1.09 bits per heavy atom. The first-order chi connectivity index (χ1) is 16.5. The molecule has 176 valence electrons. The number of aromatic nitrogens is 1. The van der Waals surface area contributed by atoms with Crippen molar-refractivity contribution < 1.29 is 19.4 Å². The highest BCUT2D eigenvalue weighted by Gasteiger charge is 2.15. The number of anilines is 1. The standard InChI is InChI=1S/C26H25ClN2O4S/c1-18(25(30)31)33-22-7-4-6-19(16-22)17-29(26-28-23-8-2-3-9-24(23)34-26)14-5-15-32-21-12-10-20(27)11-13-21/h2-4,6-13,16,18H,5,14-15,17H2,1H3,(H,30,31). The molecule has 1 N–H and O–H groups in total. The Bertz CT molecular complexity index is 1210. The smallest absolute Gasteiger partial charge is 0.344 e. The van der Waals surface area contributed by atoms with E-state index in [1.807, 2.05) is 60.7 Å². The fraction of sp³-hybridized carbons (Fsp3) is 0.231. The largest absolute Gasteiger partial charge is 0.494 e. The highest BCUT2D eigenvalue weighted by Crippen LogP contribution is 2.30. The minimum absolute atomic E-state index is 0.530. The number of ether oxygens (including phenoxy) is 2. The molecule has 4 rings (SSSR count). The van der Waals surface area contributed by atoms with Crippen LogP contribution in [-0.2, 0) is 11.3 Å². The predicted molar refractivity (Wildman–Crippen MR) is 136 cm³/mol. The average molecular weight is 497 g/mol. The number of fused-ring (bicyclic) bond motifs is 1. The van der Waals surface area contributed by atoms with Crippen LogP contribution in [0.25, 0.3) is 10.2 Å². The Balaban J connectivity index is 1.47. The first-order valence-corrected chi connectivity index (χ1v) is 12.1. The second kappa shape index (κ2) is 11.2. The van der Waals surface area contributed by atoms with Gasteiger partial charge in [-0.3, -0.25) is 0 Å². The summed E-state index contributed by atoms with van der Waals surface area (Å²) in [6.45, 7) is 3.43. The SMILES string of the molecule is CC(Oc1cccc(CN(CCCOc2ccc(Cl)cc2)c2nc3ccccc3s2)c1)C(=O)O. The van der Waals surface area contributed by atoms with Crippen molar-refractivity contribution in [3.63, 3.8) is 0 Å². The highest BCUT2D eigenvalue weighted by atomic mass is 35.5. The molecule has 0 bridgehead atoms. The van der Waals surface area contributed by atoms with Gasteiger partial charge in [-0.05, 0) is 67.4 Å². The van der Waals surface area contributed by atoms with Crippen LogP contribution in [0.4, 0.5) is 5.13 Å². The van der Waals surface area contributed by atoms with Crippen molar-refractivity contribution in [2.24, 2.45) is 0 Å². The van der Waals surface area contributed by atoms with Crippen LogP contribution in [0, 0.1) is 0 Å². The summed E-state index contributed by atoms with van der Waals surface area (Å²) in [6, 6.07) is 22.9. The maximum Gasteiger partial charge on any atom is 0.344 e. The van der Waals surface area contributed by atoms with Gasteiger partial charge in [-0.1, -0.05) is 47.2 Å². The van der Waals surface area contributed by atoms with Crippen molar-refractivity contribution in [3.05, 3.63) is 83.4 Å². The monoisotopic (exact) mass is 496 g/mol. The van der Waals surface area contributed by atoms with Crippen LogP contribution in [0.2, 0.25) is 5.02 Å². The number of carboxylic acids is 1. The molecule has 3 aromatic carbocycles. The van der Waals surface area contributed by atoms with Gasteiger partial charge in [0.1, 0.15) is 11.5 Å². The van der Waals surface area contributed by atoms with E-state index in [0.29, 0.717) is 23.9 Å². The van der Waals surface area contributed by atoms with E-state index < -0.39 is 12.1 Å². The quantitative estimate of drug-likeness (QED) is 0.246. The van der Waals surface area contributed by atoms with Gasteiger partial charge in [0.15, 0.2) is 11.2 Å². The van der Waals surface area contributed by atoms with Crippen LogP contribution in [0.5, 0.6) is 11.5 Å². The fourth-order valence-electron chi connectivity index (χ4n) is 3.41. The predicted octanol–water partition coefficient (Wildman–Crippen LogP) is 6.28. The zero-order valence-corrected chi connectivity index (χ0v) is 20.3. The molecule has 4 aromatic rings. The molecule has 1 heterocycles. The minimum Gasteiger partial charge on any atom is -0.494 e. The number of carboxylic acid groups (broad SMARTS) is 1. The van der Waals surface area contributed by atoms with Gasteiger partial charge in [0.05, 0.1) is 16.8 Å². The molecule has 8 heteroatoms. The van der Waals surface area contributed by atoms with Crippen LogP contribution in [0.1, 0.15) is 18.9 Å². The molecule has 0 aliphatic heterocycles. The van der Waals surface area contributed by atoms with E-state index >= 15 is 0 Å². The van der Waals surface area contributed by atoms with E-state index in [0.717, 1.165) is 39.6 Å². The van der Waals surface area contributed by atoms with Gasteiger partial charge in [0, 0.05) is 18.1 Å². The lowest BCUT2D eigenvalue weighted by Gasteiger charge is -2.22. The molecule has 1 aromatic heterocycles. The van der Waals surface area contributed by atoms with E-state index in [9.17, 15) is 4.79 Å². The van der Waals surface area contributed by atoms with E-state index in [-0.39, 0.29) is 0 Å². The van der Waals surface area contributed by atoms with Crippen LogP contribution < -0.4 is 14.4 Å². The molecule has 34 heavy (non-hydrogen) atoms.